The number of hydrogen-bond donors (Lipinski definition) is 1. The van der Waals surface area contributed by atoms with Crippen molar-refractivity contribution in [3.8, 4) is 11.5 Å². The highest BCUT2D eigenvalue weighted by atomic mass is 19.3. The van der Waals surface area contributed by atoms with Gasteiger partial charge in [-0.15, -0.1) is 0 Å². The summed E-state index contributed by atoms with van der Waals surface area (Å²) in [5, 5.41) is 9.11. The molecule has 1 N–H and O–H groups in total. The monoisotopic (exact) mass is 400 g/mol. The van der Waals surface area contributed by atoms with Crippen molar-refractivity contribution in [3.05, 3.63) is 35.9 Å². The predicted molar refractivity (Wildman–Crippen MR) is 99.3 cm³/mol. The summed E-state index contributed by atoms with van der Waals surface area (Å²) in [4.78, 5) is 0. The number of phenols is 1. The Morgan fingerprint density at radius 3 is 2.07 bits per heavy atom. The fourth-order valence-electron chi connectivity index (χ4n) is 4.84. The molecule has 1 aromatic rings. The molecule has 0 spiro atoms. The van der Waals surface area contributed by atoms with Gasteiger partial charge >= 0.3 is 6.11 Å². The minimum atomic E-state index is -3.57. The van der Waals surface area contributed by atoms with E-state index in [1.54, 1.807) is 0 Å². The molecule has 2 fully saturated rings. The van der Waals surface area contributed by atoms with Crippen molar-refractivity contribution in [2.45, 2.75) is 64.4 Å². The molecule has 2 aliphatic rings. The minimum Gasteiger partial charge on any atom is -0.505 e. The summed E-state index contributed by atoms with van der Waals surface area (Å²) in [6.07, 6.45) is 7.48. The van der Waals surface area contributed by atoms with E-state index in [1.807, 2.05) is 6.92 Å². The highest BCUT2D eigenvalue weighted by molar-refractivity contribution is 5.34. The maximum absolute atomic E-state index is 14.5. The van der Waals surface area contributed by atoms with Crippen LogP contribution in [0.2, 0.25) is 0 Å². The van der Waals surface area contributed by atoms with Gasteiger partial charge in [-0.2, -0.15) is 17.6 Å². The number of hydrogen-bond acceptors (Lipinski definition) is 2. The number of aromatic hydroxyl groups is 1. The molecule has 0 radical (unpaired) electrons. The first-order valence-corrected chi connectivity index (χ1v) is 10.2. The molecule has 0 atom stereocenters. The number of ether oxygens (including phenoxy) is 1. The Morgan fingerprint density at radius 2 is 1.50 bits per heavy atom. The van der Waals surface area contributed by atoms with E-state index in [9.17, 15) is 17.6 Å². The van der Waals surface area contributed by atoms with Crippen LogP contribution in [-0.2, 0) is 0 Å². The lowest BCUT2D eigenvalue weighted by Crippen LogP contribution is -2.38. The molecule has 0 unspecified atom stereocenters. The smallest absolute Gasteiger partial charge is 0.400 e. The van der Waals surface area contributed by atoms with Crippen molar-refractivity contribution in [2.75, 3.05) is 0 Å². The molecular weight excluding hydrogens is 372 g/mol. The van der Waals surface area contributed by atoms with Crippen LogP contribution in [-0.4, -0.2) is 11.2 Å². The zero-order chi connectivity index (χ0) is 20.3. The fourth-order valence-corrected chi connectivity index (χ4v) is 4.84. The molecule has 2 nitrogen and oxygen atoms in total. The van der Waals surface area contributed by atoms with Crippen LogP contribution < -0.4 is 4.74 Å². The summed E-state index contributed by atoms with van der Waals surface area (Å²) in [6, 6.07) is 1.64. The number of allylic oxidation sites excluding steroid dienone is 2. The first-order chi connectivity index (χ1) is 13.3. The van der Waals surface area contributed by atoms with Gasteiger partial charge in [-0.25, -0.2) is 0 Å². The lowest BCUT2D eigenvalue weighted by molar-refractivity contribution is -0.225. The van der Waals surface area contributed by atoms with Crippen molar-refractivity contribution in [1.82, 2.24) is 0 Å². The van der Waals surface area contributed by atoms with E-state index in [2.05, 4.69) is 16.9 Å². The molecule has 1 aromatic carbocycles. The Balaban J connectivity index is 1.55. The molecule has 0 aliphatic heterocycles. The Hall–Kier alpha value is -1.72. The number of rotatable bonds is 5. The summed E-state index contributed by atoms with van der Waals surface area (Å²) in [6.45, 7) is 2.04. The topological polar surface area (TPSA) is 29.5 Å². The molecule has 2 saturated carbocycles. The molecule has 0 heterocycles. The highest BCUT2D eigenvalue weighted by Gasteiger charge is 2.45. The first kappa shape index (κ1) is 21.0. The molecule has 0 saturated heterocycles. The molecular formula is C22H28F4O2. The van der Waals surface area contributed by atoms with Gasteiger partial charge in [0.1, 0.15) is 0 Å². The molecule has 6 heteroatoms. The number of phenolic OH excluding ortho intramolecular Hbond substituents is 1. The zero-order valence-corrected chi connectivity index (χ0v) is 16.1. The third-order valence-electron chi connectivity index (χ3n) is 6.47. The van der Waals surface area contributed by atoms with Crippen LogP contribution in [0.15, 0.2) is 24.3 Å². The fraction of sp³-hybridized carbons (Fsp3) is 0.636. The van der Waals surface area contributed by atoms with Crippen molar-refractivity contribution < 1.29 is 27.4 Å². The second-order valence-electron chi connectivity index (χ2n) is 8.19. The lowest BCUT2D eigenvalue weighted by Gasteiger charge is -2.39. The first-order valence-electron chi connectivity index (χ1n) is 10.2. The van der Waals surface area contributed by atoms with Gasteiger partial charge in [0.05, 0.1) is 5.92 Å². The molecule has 0 aromatic heterocycles. The van der Waals surface area contributed by atoms with Crippen molar-refractivity contribution in [2.24, 2.45) is 23.7 Å². The standard InChI is InChI=1S/C22H28F4O2/c1-2-3-14-4-6-15(7-5-14)16-8-10-17(11-9-16)22(25,26)28-19-13-12-18(27)20(23)21(19)24/h2-3,12-17,27H,4-11H2,1H3. The summed E-state index contributed by atoms with van der Waals surface area (Å²) < 4.78 is 60.8. The summed E-state index contributed by atoms with van der Waals surface area (Å²) >= 11 is 0. The average Bonchev–Trinajstić information content (AvgIpc) is 2.69. The van der Waals surface area contributed by atoms with Crippen LogP contribution in [0.5, 0.6) is 11.5 Å². The van der Waals surface area contributed by atoms with E-state index in [1.165, 1.54) is 12.8 Å². The van der Waals surface area contributed by atoms with Crippen molar-refractivity contribution >= 4 is 0 Å². The Labute approximate surface area is 163 Å². The van der Waals surface area contributed by atoms with Crippen molar-refractivity contribution in [1.29, 1.82) is 0 Å². The number of alkyl halides is 2. The van der Waals surface area contributed by atoms with E-state index < -0.39 is 35.2 Å². The highest BCUT2D eigenvalue weighted by Crippen LogP contribution is 2.46. The maximum atomic E-state index is 14.5. The lowest BCUT2D eigenvalue weighted by atomic mass is 9.69. The van der Waals surface area contributed by atoms with E-state index >= 15 is 0 Å². The van der Waals surface area contributed by atoms with Crippen LogP contribution in [0.4, 0.5) is 17.6 Å². The van der Waals surface area contributed by atoms with Crippen LogP contribution in [0.25, 0.3) is 0 Å². The van der Waals surface area contributed by atoms with Crippen LogP contribution in [0, 0.1) is 35.3 Å². The van der Waals surface area contributed by atoms with Gasteiger partial charge in [0.2, 0.25) is 11.6 Å². The molecule has 3 rings (SSSR count). The van der Waals surface area contributed by atoms with Gasteiger partial charge in [-0.3, -0.25) is 0 Å². The van der Waals surface area contributed by atoms with Crippen LogP contribution in [0.1, 0.15) is 58.3 Å². The van der Waals surface area contributed by atoms with Gasteiger partial charge in [-0.1, -0.05) is 12.2 Å². The van der Waals surface area contributed by atoms with Gasteiger partial charge in [-0.05, 0) is 88.2 Å². The van der Waals surface area contributed by atoms with Gasteiger partial charge in [0.15, 0.2) is 11.5 Å². The molecule has 0 amide bonds. The Bertz CT molecular complexity index is 688. The quantitative estimate of drug-likeness (QED) is 0.433. The predicted octanol–water partition coefficient (Wildman–Crippen LogP) is 6.83. The molecule has 2 aliphatic carbocycles. The second-order valence-corrected chi connectivity index (χ2v) is 8.19. The van der Waals surface area contributed by atoms with E-state index in [0.29, 0.717) is 30.6 Å². The normalized spacial score (nSPS) is 29.2. The second kappa shape index (κ2) is 8.75. The minimum absolute atomic E-state index is 0.314. The van der Waals surface area contributed by atoms with E-state index in [0.717, 1.165) is 37.8 Å². The van der Waals surface area contributed by atoms with E-state index in [4.69, 9.17) is 5.11 Å². The van der Waals surface area contributed by atoms with E-state index in [-0.39, 0.29) is 0 Å². The summed E-state index contributed by atoms with van der Waals surface area (Å²) in [7, 11) is 0. The van der Waals surface area contributed by atoms with Gasteiger partial charge in [0.25, 0.3) is 0 Å². The molecule has 0 bridgehead atoms. The Morgan fingerprint density at radius 1 is 0.929 bits per heavy atom. The van der Waals surface area contributed by atoms with Crippen molar-refractivity contribution in [3.63, 3.8) is 0 Å². The zero-order valence-electron chi connectivity index (χ0n) is 16.1. The third kappa shape index (κ3) is 4.64. The average molecular weight is 400 g/mol. The van der Waals surface area contributed by atoms with Crippen LogP contribution >= 0.6 is 0 Å². The third-order valence-corrected chi connectivity index (χ3v) is 6.47. The maximum Gasteiger partial charge on any atom is 0.400 e. The van der Waals surface area contributed by atoms with Crippen LogP contribution in [0.3, 0.4) is 0 Å². The Kier molecular flexibility index (Phi) is 6.56. The largest absolute Gasteiger partial charge is 0.505 e. The SMILES string of the molecule is CC=CC1CCC(C2CCC(C(F)(F)Oc3ccc(O)c(F)c3F)CC2)CC1. The number of benzene rings is 1. The molecule has 28 heavy (non-hydrogen) atoms. The summed E-state index contributed by atoms with van der Waals surface area (Å²) in [5.74, 6) is -4.28. The molecule has 156 valence electrons. The summed E-state index contributed by atoms with van der Waals surface area (Å²) in [5.41, 5.74) is 0. The number of halogens is 4. The van der Waals surface area contributed by atoms with Gasteiger partial charge in [0, 0.05) is 0 Å². The van der Waals surface area contributed by atoms with Gasteiger partial charge < -0.3 is 9.84 Å².